The standard InChI is InChI=1S/C19H18N4O/c1-14-6-5-9-17(21-14)19(24)22-11-10-18-15(13-22)12-20-23(18)16-7-3-2-4-8-16/h2-9,12H,10-11,13H2,1H3. The first-order valence-corrected chi connectivity index (χ1v) is 8.06. The predicted molar refractivity (Wildman–Crippen MR) is 91.0 cm³/mol. The molecular formula is C19H18N4O. The van der Waals surface area contributed by atoms with Gasteiger partial charge in [-0.1, -0.05) is 24.3 Å². The van der Waals surface area contributed by atoms with Crippen LogP contribution < -0.4 is 0 Å². The van der Waals surface area contributed by atoms with Crippen molar-refractivity contribution in [1.82, 2.24) is 19.7 Å². The molecule has 0 radical (unpaired) electrons. The van der Waals surface area contributed by atoms with E-state index in [1.54, 1.807) is 6.07 Å². The monoisotopic (exact) mass is 318 g/mol. The molecule has 0 spiro atoms. The molecule has 24 heavy (non-hydrogen) atoms. The van der Waals surface area contributed by atoms with E-state index in [9.17, 15) is 4.79 Å². The zero-order valence-electron chi connectivity index (χ0n) is 13.5. The molecule has 4 rings (SSSR count). The summed E-state index contributed by atoms with van der Waals surface area (Å²) in [6, 6.07) is 15.6. The van der Waals surface area contributed by atoms with Crippen molar-refractivity contribution in [3.63, 3.8) is 0 Å². The van der Waals surface area contributed by atoms with E-state index in [-0.39, 0.29) is 5.91 Å². The molecule has 1 amide bonds. The molecule has 0 aliphatic carbocycles. The van der Waals surface area contributed by atoms with E-state index in [0.717, 1.165) is 23.4 Å². The molecule has 0 saturated heterocycles. The van der Waals surface area contributed by atoms with Crippen molar-refractivity contribution < 1.29 is 4.79 Å². The molecule has 2 aromatic heterocycles. The van der Waals surface area contributed by atoms with E-state index in [4.69, 9.17) is 0 Å². The lowest BCUT2D eigenvalue weighted by molar-refractivity contribution is 0.0727. The fraction of sp³-hybridized carbons (Fsp3) is 0.211. The average molecular weight is 318 g/mol. The summed E-state index contributed by atoms with van der Waals surface area (Å²) in [5, 5.41) is 4.51. The van der Waals surface area contributed by atoms with Crippen LogP contribution in [0.1, 0.15) is 27.4 Å². The third-order valence-electron chi connectivity index (χ3n) is 4.33. The van der Waals surface area contributed by atoms with Crippen LogP contribution in [0.4, 0.5) is 0 Å². The number of para-hydroxylation sites is 1. The Bertz CT molecular complexity index is 885. The molecule has 1 aliphatic rings. The molecule has 3 heterocycles. The Morgan fingerprint density at radius 2 is 1.92 bits per heavy atom. The van der Waals surface area contributed by atoms with Crippen LogP contribution in [0.25, 0.3) is 5.69 Å². The number of carbonyl (C=O) groups excluding carboxylic acids is 1. The van der Waals surface area contributed by atoms with Gasteiger partial charge in [0.25, 0.3) is 5.91 Å². The fourth-order valence-electron chi connectivity index (χ4n) is 3.12. The van der Waals surface area contributed by atoms with Gasteiger partial charge in [0.05, 0.1) is 17.6 Å². The highest BCUT2D eigenvalue weighted by molar-refractivity contribution is 5.92. The number of carbonyl (C=O) groups is 1. The zero-order valence-corrected chi connectivity index (χ0v) is 13.5. The van der Waals surface area contributed by atoms with Gasteiger partial charge >= 0.3 is 0 Å². The minimum atomic E-state index is -0.0168. The van der Waals surface area contributed by atoms with Crippen LogP contribution in [-0.2, 0) is 13.0 Å². The number of nitrogens with zero attached hydrogens (tertiary/aromatic N) is 4. The minimum absolute atomic E-state index is 0.0168. The van der Waals surface area contributed by atoms with Crippen LogP contribution >= 0.6 is 0 Å². The molecule has 0 N–H and O–H groups in total. The second-order valence-electron chi connectivity index (χ2n) is 6.00. The van der Waals surface area contributed by atoms with Crippen molar-refractivity contribution in [2.45, 2.75) is 19.9 Å². The summed E-state index contributed by atoms with van der Waals surface area (Å²) in [7, 11) is 0. The quantitative estimate of drug-likeness (QED) is 0.730. The summed E-state index contributed by atoms with van der Waals surface area (Å²) in [6.07, 6.45) is 2.66. The van der Waals surface area contributed by atoms with Gasteiger partial charge in [0.2, 0.25) is 0 Å². The molecule has 1 aliphatic heterocycles. The first-order chi connectivity index (χ1) is 11.7. The summed E-state index contributed by atoms with van der Waals surface area (Å²) in [5.74, 6) is -0.0168. The maximum Gasteiger partial charge on any atom is 0.272 e. The number of aromatic nitrogens is 3. The third-order valence-corrected chi connectivity index (χ3v) is 4.33. The first-order valence-electron chi connectivity index (χ1n) is 8.06. The predicted octanol–water partition coefficient (Wildman–Crippen LogP) is 2.77. The van der Waals surface area contributed by atoms with Gasteiger partial charge in [-0.15, -0.1) is 0 Å². The van der Waals surface area contributed by atoms with Crippen molar-refractivity contribution in [2.75, 3.05) is 6.54 Å². The first kappa shape index (κ1) is 14.6. The summed E-state index contributed by atoms with van der Waals surface area (Å²) >= 11 is 0. The van der Waals surface area contributed by atoms with Crippen molar-refractivity contribution in [3.05, 3.63) is 77.4 Å². The number of benzene rings is 1. The Morgan fingerprint density at radius 1 is 1.08 bits per heavy atom. The molecule has 5 heteroatoms. The van der Waals surface area contributed by atoms with E-state index in [0.29, 0.717) is 18.8 Å². The van der Waals surface area contributed by atoms with E-state index >= 15 is 0 Å². The highest BCUT2D eigenvalue weighted by atomic mass is 16.2. The second-order valence-corrected chi connectivity index (χ2v) is 6.00. The molecule has 5 nitrogen and oxygen atoms in total. The van der Waals surface area contributed by atoms with Crippen LogP contribution in [-0.4, -0.2) is 32.1 Å². The van der Waals surface area contributed by atoms with Gasteiger partial charge in [-0.05, 0) is 31.2 Å². The molecule has 0 fully saturated rings. The normalized spacial score (nSPS) is 13.6. The largest absolute Gasteiger partial charge is 0.332 e. The average Bonchev–Trinajstić information content (AvgIpc) is 3.05. The Labute approximate surface area is 140 Å². The summed E-state index contributed by atoms with van der Waals surface area (Å²) in [4.78, 5) is 18.9. The summed E-state index contributed by atoms with van der Waals surface area (Å²) in [6.45, 7) is 3.16. The topological polar surface area (TPSA) is 51.0 Å². The van der Waals surface area contributed by atoms with Gasteiger partial charge in [-0.3, -0.25) is 4.79 Å². The van der Waals surface area contributed by atoms with E-state index in [1.165, 1.54) is 5.69 Å². The van der Waals surface area contributed by atoms with Crippen LogP contribution in [0, 0.1) is 6.92 Å². The lowest BCUT2D eigenvalue weighted by Crippen LogP contribution is -2.36. The van der Waals surface area contributed by atoms with Crippen LogP contribution in [0.2, 0.25) is 0 Å². The maximum atomic E-state index is 12.7. The van der Waals surface area contributed by atoms with E-state index in [2.05, 4.69) is 10.1 Å². The van der Waals surface area contributed by atoms with Gasteiger partial charge in [0.15, 0.2) is 0 Å². The van der Waals surface area contributed by atoms with Crippen LogP contribution in [0.3, 0.4) is 0 Å². The fourth-order valence-corrected chi connectivity index (χ4v) is 3.12. The number of pyridine rings is 1. The Balaban J connectivity index is 1.59. The lowest BCUT2D eigenvalue weighted by atomic mass is 10.1. The SMILES string of the molecule is Cc1cccc(C(=O)N2CCc3c(cnn3-c3ccccc3)C2)n1. The molecular weight excluding hydrogens is 300 g/mol. The van der Waals surface area contributed by atoms with Crippen molar-refractivity contribution in [1.29, 1.82) is 0 Å². The molecule has 0 saturated carbocycles. The van der Waals surface area contributed by atoms with Crippen molar-refractivity contribution in [3.8, 4) is 5.69 Å². The number of aryl methyl sites for hydroxylation is 1. The molecule has 0 atom stereocenters. The number of hydrogen-bond donors (Lipinski definition) is 0. The highest BCUT2D eigenvalue weighted by Crippen LogP contribution is 2.22. The number of amides is 1. The summed E-state index contributed by atoms with van der Waals surface area (Å²) in [5.41, 5.74) is 4.71. The van der Waals surface area contributed by atoms with Gasteiger partial charge in [-0.25, -0.2) is 9.67 Å². The summed E-state index contributed by atoms with van der Waals surface area (Å²) < 4.78 is 1.97. The van der Waals surface area contributed by atoms with E-state index in [1.807, 2.05) is 65.2 Å². The minimum Gasteiger partial charge on any atom is -0.332 e. The molecule has 0 unspecified atom stereocenters. The van der Waals surface area contributed by atoms with Gasteiger partial charge in [-0.2, -0.15) is 5.10 Å². The van der Waals surface area contributed by atoms with Gasteiger partial charge in [0.1, 0.15) is 5.69 Å². The third kappa shape index (κ3) is 2.58. The second kappa shape index (κ2) is 5.92. The maximum absolute atomic E-state index is 12.7. The number of rotatable bonds is 2. The van der Waals surface area contributed by atoms with Crippen molar-refractivity contribution in [2.24, 2.45) is 0 Å². The smallest absolute Gasteiger partial charge is 0.272 e. The zero-order chi connectivity index (χ0) is 16.5. The Kier molecular flexibility index (Phi) is 3.61. The van der Waals surface area contributed by atoms with Crippen LogP contribution in [0.5, 0.6) is 0 Å². The lowest BCUT2D eigenvalue weighted by Gasteiger charge is -2.27. The molecule has 3 aromatic rings. The van der Waals surface area contributed by atoms with Crippen LogP contribution in [0.15, 0.2) is 54.7 Å². The molecule has 0 bridgehead atoms. The number of fused-ring (bicyclic) bond motifs is 1. The molecule has 120 valence electrons. The highest BCUT2D eigenvalue weighted by Gasteiger charge is 2.25. The Morgan fingerprint density at radius 3 is 2.71 bits per heavy atom. The molecule has 1 aromatic carbocycles. The number of hydrogen-bond acceptors (Lipinski definition) is 3. The van der Waals surface area contributed by atoms with Gasteiger partial charge < -0.3 is 4.90 Å². The van der Waals surface area contributed by atoms with Crippen molar-refractivity contribution >= 4 is 5.91 Å². The van der Waals surface area contributed by atoms with Gasteiger partial charge in [0, 0.05) is 30.8 Å². The van der Waals surface area contributed by atoms with E-state index < -0.39 is 0 Å². The Hall–Kier alpha value is -2.95.